The fraction of sp³-hybridized carbons (Fsp3) is 1.00. The fourth-order valence-corrected chi connectivity index (χ4v) is 2.14. The summed E-state index contributed by atoms with van der Waals surface area (Å²) in [4.78, 5) is 0. The van der Waals surface area contributed by atoms with Gasteiger partial charge in [0, 0.05) is 0 Å². The van der Waals surface area contributed by atoms with Crippen LogP contribution in [0.1, 0.15) is 73.1 Å². The molecule has 0 rings (SSSR count). The van der Waals surface area contributed by atoms with Crippen molar-refractivity contribution in [2.24, 2.45) is 17.8 Å². The first-order valence-corrected chi connectivity index (χ1v) is 6.57. The molecule has 0 bridgehead atoms. The number of unbranched alkanes of at least 4 members (excludes halogenated alkanes) is 2. The van der Waals surface area contributed by atoms with Gasteiger partial charge in [-0.25, -0.2) is 0 Å². The van der Waals surface area contributed by atoms with Crippen LogP contribution in [-0.4, -0.2) is 0 Å². The summed E-state index contributed by atoms with van der Waals surface area (Å²) >= 11 is 0. The molecule has 0 aliphatic carbocycles. The summed E-state index contributed by atoms with van der Waals surface area (Å²) in [5.74, 6) is 2.74. The zero-order valence-corrected chi connectivity index (χ0v) is 11.0. The van der Waals surface area contributed by atoms with E-state index in [4.69, 9.17) is 0 Å². The molecule has 0 aromatic heterocycles. The van der Waals surface area contributed by atoms with Crippen LogP contribution in [0.3, 0.4) is 0 Å². The molecule has 0 nitrogen and oxygen atoms in total. The second kappa shape index (κ2) is 8.32. The second-order valence-corrected chi connectivity index (χ2v) is 5.44. The minimum atomic E-state index is 0.880. The van der Waals surface area contributed by atoms with Gasteiger partial charge in [-0.15, -0.1) is 0 Å². The Balaban J connectivity index is 3.33. The van der Waals surface area contributed by atoms with Gasteiger partial charge < -0.3 is 0 Å². The van der Waals surface area contributed by atoms with Crippen LogP contribution in [0.5, 0.6) is 0 Å². The minimum Gasteiger partial charge on any atom is -0.0651 e. The maximum atomic E-state index is 2.36. The number of hydrogen-bond acceptors (Lipinski definition) is 0. The van der Waals surface area contributed by atoms with E-state index in [2.05, 4.69) is 34.6 Å². The van der Waals surface area contributed by atoms with Crippen LogP contribution in [0.2, 0.25) is 0 Å². The van der Waals surface area contributed by atoms with E-state index in [0.717, 1.165) is 17.8 Å². The molecule has 0 heteroatoms. The predicted octanol–water partition coefficient (Wildman–Crippen LogP) is 5.28. The van der Waals surface area contributed by atoms with E-state index in [9.17, 15) is 0 Å². The molecule has 0 aliphatic heterocycles. The molecule has 0 amide bonds. The summed E-state index contributed by atoms with van der Waals surface area (Å²) in [5.41, 5.74) is 0. The summed E-state index contributed by atoms with van der Waals surface area (Å²) in [7, 11) is 0. The molecule has 1 unspecified atom stereocenters. The smallest absolute Gasteiger partial charge is 0.0394 e. The predicted molar refractivity (Wildman–Crippen MR) is 66.5 cm³/mol. The Morgan fingerprint density at radius 3 is 1.79 bits per heavy atom. The Bertz CT molecular complexity index is 113. The van der Waals surface area contributed by atoms with Crippen LogP contribution in [-0.2, 0) is 0 Å². The quantitative estimate of drug-likeness (QED) is 0.466. The Morgan fingerprint density at radius 2 is 1.36 bits per heavy atom. The molecule has 0 aromatic carbocycles. The normalized spacial score (nSPS) is 13.9. The summed E-state index contributed by atoms with van der Waals surface area (Å²) in [5, 5.41) is 0. The highest BCUT2D eigenvalue weighted by Crippen LogP contribution is 2.22. The Hall–Kier alpha value is 0. The first-order valence-electron chi connectivity index (χ1n) is 6.57. The van der Waals surface area contributed by atoms with Gasteiger partial charge in [0.2, 0.25) is 0 Å². The van der Waals surface area contributed by atoms with Crippen LogP contribution >= 0.6 is 0 Å². The molecule has 86 valence electrons. The number of rotatable bonds is 8. The third kappa shape index (κ3) is 7.41. The van der Waals surface area contributed by atoms with Gasteiger partial charge in [-0.2, -0.15) is 0 Å². The SMILES string of the molecule is CCC(CCCCCC(C)C)C(C)C. The van der Waals surface area contributed by atoms with E-state index in [0.29, 0.717) is 0 Å². The Labute approximate surface area is 91.5 Å². The third-order valence-corrected chi connectivity index (χ3v) is 3.32. The Kier molecular flexibility index (Phi) is 8.32. The fourth-order valence-electron chi connectivity index (χ4n) is 2.14. The summed E-state index contributed by atoms with van der Waals surface area (Å²) in [6, 6.07) is 0. The van der Waals surface area contributed by atoms with Crippen LogP contribution in [0.4, 0.5) is 0 Å². The van der Waals surface area contributed by atoms with Gasteiger partial charge in [0.05, 0.1) is 0 Å². The molecule has 0 spiro atoms. The van der Waals surface area contributed by atoms with E-state index in [1.165, 1.54) is 38.5 Å². The molecular weight excluding hydrogens is 168 g/mol. The topological polar surface area (TPSA) is 0 Å². The maximum Gasteiger partial charge on any atom is -0.0394 e. The van der Waals surface area contributed by atoms with Crippen molar-refractivity contribution in [3.05, 3.63) is 0 Å². The van der Waals surface area contributed by atoms with Crippen LogP contribution in [0, 0.1) is 17.8 Å². The lowest BCUT2D eigenvalue weighted by Gasteiger charge is -2.18. The highest BCUT2D eigenvalue weighted by atomic mass is 14.2. The average Bonchev–Trinajstić information content (AvgIpc) is 2.10. The highest BCUT2D eigenvalue weighted by molar-refractivity contribution is 4.61. The zero-order valence-electron chi connectivity index (χ0n) is 11.0. The zero-order chi connectivity index (χ0) is 11.0. The lowest BCUT2D eigenvalue weighted by Crippen LogP contribution is -2.07. The standard InChI is InChI=1S/C14H30/c1-6-14(13(4)5)11-9-7-8-10-12(2)3/h12-14H,6-11H2,1-5H3. The summed E-state index contributed by atoms with van der Waals surface area (Å²) in [6.45, 7) is 11.7. The van der Waals surface area contributed by atoms with Gasteiger partial charge >= 0.3 is 0 Å². The van der Waals surface area contributed by atoms with Crippen LogP contribution < -0.4 is 0 Å². The Morgan fingerprint density at radius 1 is 0.786 bits per heavy atom. The monoisotopic (exact) mass is 198 g/mol. The van der Waals surface area contributed by atoms with E-state index < -0.39 is 0 Å². The van der Waals surface area contributed by atoms with Crippen LogP contribution in [0.15, 0.2) is 0 Å². The van der Waals surface area contributed by atoms with Crippen LogP contribution in [0.25, 0.3) is 0 Å². The van der Waals surface area contributed by atoms with E-state index in [-0.39, 0.29) is 0 Å². The molecule has 0 fully saturated rings. The first kappa shape index (κ1) is 14.0. The molecule has 0 heterocycles. The molecule has 1 atom stereocenters. The summed E-state index contributed by atoms with van der Waals surface area (Å²) in [6.07, 6.45) is 8.56. The van der Waals surface area contributed by atoms with Gasteiger partial charge in [-0.05, 0) is 17.8 Å². The lowest BCUT2D eigenvalue weighted by molar-refractivity contribution is 0.334. The van der Waals surface area contributed by atoms with Gasteiger partial charge in [0.15, 0.2) is 0 Å². The van der Waals surface area contributed by atoms with Crippen molar-refractivity contribution >= 4 is 0 Å². The molecule has 0 aromatic rings. The van der Waals surface area contributed by atoms with Crippen molar-refractivity contribution in [2.75, 3.05) is 0 Å². The molecule has 0 N–H and O–H groups in total. The van der Waals surface area contributed by atoms with Crippen molar-refractivity contribution < 1.29 is 0 Å². The van der Waals surface area contributed by atoms with Gasteiger partial charge in [0.25, 0.3) is 0 Å². The average molecular weight is 198 g/mol. The van der Waals surface area contributed by atoms with Crippen molar-refractivity contribution in [1.29, 1.82) is 0 Å². The van der Waals surface area contributed by atoms with Gasteiger partial charge in [0.1, 0.15) is 0 Å². The molecule has 14 heavy (non-hydrogen) atoms. The molecule has 0 saturated carbocycles. The molecule has 0 radical (unpaired) electrons. The summed E-state index contributed by atoms with van der Waals surface area (Å²) < 4.78 is 0. The minimum absolute atomic E-state index is 0.880. The van der Waals surface area contributed by atoms with Crippen molar-refractivity contribution in [3.8, 4) is 0 Å². The largest absolute Gasteiger partial charge is 0.0651 e. The van der Waals surface area contributed by atoms with Crippen molar-refractivity contribution in [2.45, 2.75) is 73.1 Å². The lowest BCUT2D eigenvalue weighted by atomic mass is 9.88. The van der Waals surface area contributed by atoms with Gasteiger partial charge in [-0.3, -0.25) is 0 Å². The second-order valence-electron chi connectivity index (χ2n) is 5.44. The van der Waals surface area contributed by atoms with Gasteiger partial charge in [-0.1, -0.05) is 73.1 Å². The molecular formula is C14H30. The van der Waals surface area contributed by atoms with E-state index in [1.54, 1.807) is 0 Å². The van der Waals surface area contributed by atoms with E-state index >= 15 is 0 Å². The van der Waals surface area contributed by atoms with E-state index in [1.807, 2.05) is 0 Å². The third-order valence-electron chi connectivity index (χ3n) is 3.32. The van der Waals surface area contributed by atoms with Crippen molar-refractivity contribution in [3.63, 3.8) is 0 Å². The van der Waals surface area contributed by atoms with Crippen molar-refractivity contribution in [1.82, 2.24) is 0 Å². The molecule has 0 aliphatic rings. The first-order chi connectivity index (χ1) is 6.57. The maximum absolute atomic E-state index is 2.36. The highest BCUT2D eigenvalue weighted by Gasteiger charge is 2.09. The molecule has 0 saturated heterocycles. The number of hydrogen-bond donors (Lipinski definition) is 0.